The van der Waals surface area contributed by atoms with E-state index in [1.54, 1.807) is 0 Å². The van der Waals surface area contributed by atoms with Gasteiger partial charge in [-0.05, 0) is 23.4 Å². The van der Waals surface area contributed by atoms with Gasteiger partial charge in [0.1, 0.15) is 18.3 Å². The molecule has 0 spiro atoms. The van der Waals surface area contributed by atoms with Gasteiger partial charge in [-0.15, -0.1) is 4.91 Å². The number of rotatable bonds is 4. The first kappa shape index (κ1) is 14.3. The van der Waals surface area contributed by atoms with E-state index in [9.17, 15) is 14.5 Å². The fraction of sp³-hybridized carbons (Fsp3) is 0.250. The summed E-state index contributed by atoms with van der Waals surface area (Å²) in [7, 11) is 1.19. The fourth-order valence-corrected chi connectivity index (χ4v) is 1.45. The highest BCUT2D eigenvalue weighted by Gasteiger charge is 2.19. The van der Waals surface area contributed by atoms with Gasteiger partial charge in [0.05, 0.1) is 18.4 Å². The van der Waals surface area contributed by atoms with Crippen LogP contribution >= 0.6 is 0 Å². The Balaban J connectivity index is 3.28. The zero-order chi connectivity index (χ0) is 14.4. The van der Waals surface area contributed by atoms with Crippen LogP contribution in [0.3, 0.4) is 0 Å². The smallest absolute Gasteiger partial charge is 0.325 e. The zero-order valence-corrected chi connectivity index (χ0v) is 10.4. The van der Waals surface area contributed by atoms with Crippen molar-refractivity contribution in [1.29, 1.82) is 5.26 Å². The molecule has 1 amide bonds. The number of nitriles is 1. The largest absolute Gasteiger partial charge is 0.468 e. The predicted octanol–water partition coefficient (Wildman–Crippen LogP) is 1.48. The predicted molar refractivity (Wildman–Crippen MR) is 66.7 cm³/mol. The lowest BCUT2D eigenvalue weighted by Crippen LogP contribution is -2.35. The van der Waals surface area contributed by atoms with E-state index in [1.165, 1.54) is 32.2 Å². The average Bonchev–Trinajstić information content (AvgIpc) is 2.43. The second-order valence-corrected chi connectivity index (χ2v) is 3.59. The van der Waals surface area contributed by atoms with Gasteiger partial charge in [-0.25, -0.2) is 0 Å². The summed E-state index contributed by atoms with van der Waals surface area (Å²) >= 11 is 0. The highest BCUT2D eigenvalue weighted by atomic mass is 16.5. The summed E-state index contributed by atoms with van der Waals surface area (Å²) in [5.74, 6) is -1.09. The molecule has 1 aromatic carbocycles. The maximum atomic E-state index is 11.6. The summed E-state index contributed by atoms with van der Waals surface area (Å²) in [4.78, 5) is 34.4. The lowest BCUT2D eigenvalue weighted by atomic mass is 10.1. The number of nitrogens with zero attached hydrogens (tertiary/aromatic N) is 3. The first-order valence-corrected chi connectivity index (χ1v) is 5.26. The highest BCUT2D eigenvalue weighted by molar-refractivity contribution is 5.97. The molecule has 0 atom stereocenters. The van der Waals surface area contributed by atoms with Gasteiger partial charge in [0.15, 0.2) is 0 Å². The van der Waals surface area contributed by atoms with Crippen molar-refractivity contribution < 1.29 is 14.3 Å². The van der Waals surface area contributed by atoms with E-state index in [1.807, 2.05) is 6.07 Å². The minimum Gasteiger partial charge on any atom is -0.468 e. The summed E-state index contributed by atoms with van der Waals surface area (Å²) in [6.07, 6.45) is 0. The van der Waals surface area contributed by atoms with E-state index in [2.05, 4.69) is 9.91 Å². The van der Waals surface area contributed by atoms with Crippen LogP contribution in [0.2, 0.25) is 0 Å². The molecule has 0 saturated heterocycles. The third-order valence-corrected chi connectivity index (χ3v) is 2.39. The summed E-state index contributed by atoms with van der Waals surface area (Å²) in [5, 5.41) is 11.7. The van der Waals surface area contributed by atoms with Crippen LogP contribution in [-0.4, -0.2) is 25.5 Å². The maximum absolute atomic E-state index is 11.6. The Hall–Kier alpha value is -2.75. The number of amides is 1. The SMILES string of the molecule is COC(=O)CN(C(C)=O)c1cc(N=O)ccc1C#N. The molecule has 0 aliphatic rings. The van der Waals surface area contributed by atoms with Crippen LogP contribution in [0.15, 0.2) is 23.4 Å². The Kier molecular flexibility index (Phi) is 4.71. The van der Waals surface area contributed by atoms with E-state index < -0.39 is 11.9 Å². The Morgan fingerprint density at radius 1 is 1.47 bits per heavy atom. The normalized spacial score (nSPS) is 9.32. The maximum Gasteiger partial charge on any atom is 0.325 e. The number of anilines is 1. The number of methoxy groups -OCH3 is 1. The van der Waals surface area contributed by atoms with E-state index in [0.29, 0.717) is 0 Å². The third kappa shape index (κ3) is 3.35. The van der Waals surface area contributed by atoms with Gasteiger partial charge in [-0.1, -0.05) is 0 Å². The van der Waals surface area contributed by atoms with Gasteiger partial charge in [-0.3, -0.25) is 9.59 Å². The number of carbonyl (C=O) groups excluding carboxylic acids is 2. The Bertz CT molecular complexity index is 563. The number of hydrogen-bond acceptors (Lipinski definition) is 6. The lowest BCUT2D eigenvalue weighted by Gasteiger charge is -2.20. The fourth-order valence-electron chi connectivity index (χ4n) is 1.45. The minimum absolute atomic E-state index is 0.0603. The van der Waals surface area contributed by atoms with Gasteiger partial charge in [0, 0.05) is 6.92 Å². The second-order valence-electron chi connectivity index (χ2n) is 3.59. The molecule has 0 heterocycles. The first-order chi connectivity index (χ1) is 9.03. The average molecular weight is 261 g/mol. The molecular formula is C12H11N3O4. The molecule has 7 nitrogen and oxygen atoms in total. The second kappa shape index (κ2) is 6.26. The number of nitroso groups, excluding NO2 is 1. The molecule has 1 rings (SSSR count). The van der Waals surface area contributed by atoms with Gasteiger partial charge in [-0.2, -0.15) is 5.26 Å². The Labute approximate surface area is 109 Å². The number of ether oxygens (including phenoxy) is 1. The molecule has 0 fully saturated rings. The van der Waals surface area contributed by atoms with Crippen LogP contribution in [0, 0.1) is 16.2 Å². The van der Waals surface area contributed by atoms with Crippen molar-refractivity contribution in [2.24, 2.45) is 5.18 Å². The van der Waals surface area contributed by atoms with E-state index in [-0.39, 0.29) is 23.5 Å². The number of esters is 1. The highest BCUT2D eigenvalue weighted by Crippen LogP contribution is 2.26. The van der Waals surface area contributed by atoms with Crippen molar-refractivity contribution in [2.45, 2.75) is 6.92 Å². The summed E-state index contributed by atoms with van der Waals surface area (Å²) in [6, 6.07) is 5.87. The number of benzene rings is 1. The molecule has 0 bridgehead atoms. The molecule has 1 aromatic rings. The topological polar surface area (TPSA) is 99.8 Å². The zero-order valence-electron chi connectivity index (χ0n) is 10.4. The van der Waals surface area contributed by atoms with Crippen LogP contribution < -0.4 is 4.90 Å². The van der Waals surface area contributed by atoms with E-state index in [4.69, 9.17) is 5.26 Å². The molecule has 0 aliphatic carbocycles. The van der Waals surface area contributed by atoms with Gasteiger partial charge in [0.25, 0.3) is 0 Å². The standard InChI is InChI=1S/C12H11N3O4/c1-8(16)15(7-12(17)19-2)11-5-10(14-18)4-3-9(11)6-13/h3-5H,7H2,1-2H3. The molecule has 7 heteroatoms. The minimum atomic E-state index is -0.636. The summed E-state index contributed by atoms with van der Waals surface area (Å²) in [6.45, 7) is 0.897. The molecule has 0 aromatic heterocycles. The van der Waals surface area contributed by atoms with Crippen molar-refractivity contribution in [2.75, 3.05) is 18.6 Å². The third-order valence-electron chi connectivity index (χ3n) is 2.39. The molecule has 0 radical (unpaired) electrons. The van der Waals surface area contributed by atoms with E-state index >= 15 is 0 Å². The molecular weight excluding hydrogens is 250 g/mol. The van der Waals surface area contributed by atoms with Crippen molar-refractivity contribution in [1.82, 2.24) is 0 Å². The van der Waals surface area contributed by atoms with Gasteiger partial charge in [0.2, 0.25) is 5.91 Å². The molecule has 0 N–H and O–H groups in total. The molecule has 19 heavy (non-hydrogen) atoms. The summed E-state index contributed by atoms with van der Waals surface area (Å²) in [5.41, 5.74) is 0.370. The Morgan fingerprint density at radius 3 is 2.63 bits per heavy atom. The van der Waals surface area contributed by atoms with Crippen molar-refractivity contribution >= 4 is 23.3 Å². The quantitative estimate of drug-likeness (QED) is 0.603. The van der Waals surface area contributed by atoms with Gasteiger partial charge >= 0.3 is 5.97 Å². The molecule has 0 aliphatic heterocycles. The van der Waals surface area contributed by atoms with Crippen LogP contribution in [0.5, 0.6) is 0 Å². The van der Waals surface area contributed by atoms with E-state index in [0.717, 1.165) is 4.90 Å². The molecule has 0 saturated carbocycles. The van der Waals surface area contributed by atoms with Crippen molar-refractivity contribution in [3.05, 3.63) is 28.7 Å². The van der Waals surface area contributed by atoms with Crippen LogP contribution in [0.1, 0.15) is 12.5 Å². The van der Waals surface area contributed by atoms with Crippen LogP contribution in [0.25, 0.3) is 0 Å². The van der Waals surface area contributed by atoms with Crippen LogP contribution in [0.4, 0.5) is 11.4 Å². The first-order valence-electron chi connectivity index (χ1n) is 5.26. The Morgan fingerprint density at radius 2 is 2.16 bits per heavy atom. The monoisotopic (exact) mass is 261 g/mol. The number of hydrogen-bond donors (Lipinski definition) is 0. The van der Waals surface area contributed by atoms with Gasteiger partial charge < -0.3 is 9.64 Å². The summed E-state index contributed by atoms with van der Waals surface area (Å²) < 4.78 is 4.48. The number of carbonyl (C=O) groups is 2. The molecule has 98 valence electrons. The lowest BCUT2D eigenvalue weighted by molar-refractivity contribution is -0.139. The van der Waals surface area contributed by atoms with Crippen molar-refractivity contribution in [3.8, 4) is 6.07 Å². The van der Waals surface area contributed by atoms with Crippen molar-refractivity contribution in [3.63, 3.8) is 0 Å². The van der Waals surface area contributed by atoms with Crippen LogP contribution in [-0.2, 0) is 14.3 Å². The molecule has 0 unspecified atom stereocenters.